The Kier molecular flexibility index (Phi) is 8.50. The third-order valence-corrected chi connectivity index (χ3v) is 10.7. The van der Waals surface area contributed by atoms with Crippen molar-refractivity contribution in [3.8, 4) is 5.75 Å². The molecule has 2 saturated heterocycles. The first kappa shape index (κ1) is 32.6. The number of hydrogen-bond donors (Lipinski definition) is 4. The smallest absolute Gasteiger partial charge is 0.408 e. The lowest BCUT2D eigenvalue weighted by atomic mass is 9.75. The molecule has 1 aromatic heterocycles. The van der Waals surface area contributed by atoms with E-state index in [1.54, 1.807) is 4.57 Å². The minimum absolute atomic E-state index is 0.0341. The third-order valence-electron chi connectivity index (χ3n) is 10.7. The van der Waals surface area contributed by atoms with E-state index in [0.29, 0.717) is 41.9 Å². The summed E-state index contributed by atoms with van der Waals surface area (Å²) in [6, 6.07) is 0.982. The molecule has 4 heterocycles. The number of aromatic nitrogens is 1. The lowest BCUT2D eigenvalue weighted by molar-refractivity contribution is 0.0403. The van der Waals surface area contributed by atoms with Gasteiger partial charge in [-0.25, -0.2) is 14.0 Å². The Bertz CT molecular complexity index is 1590. The van der Waals surface area contributed by atoms with Gasteiger partial charge in [0.15, 0.2) is 11.6 Å². The Morgan fingerprint density at radius 2 is 1.89 bits per heavy atom. The van der Waals surface area contributed by atoms with Crippen LogP contribution in [0.4, 0.5) is 14.9 Å². The molecular formula is C34H48FN5O6. The van der Waals surface area contributed by atoms with Gasteiger partial charge in [-0.3, -0.25) is 4.79 Å². The second-order valence-electron chi connectivity index (χ2n) is 15.1. The molecule has 0 bridgehead atoms. The zero-order valence-corrected chi connectivity index (χ0v) is 27.4. The molecule has 3 aliphatic heterocycles. The first-order valence-electron chi connectivity index (χ1n) is 16.7. The summed E-state index contributed by atoms with van der Waals surface area (Å²) >= 11 is 0. The van der Waals surface area contributed by atoms with Crippen molar-refractivity contribution in [1.29, 1.82) is 0 Å². The van der Waals surface area contributed by atoms with Crippen LogP contribution >= 0.6 is 0 Å². The molecule has 46 heavy (non-hydrogen) atoms. The fourth-order valence-corrected chi connectivity index (χ4v) is 8.36. The van der Waals surface area contributed by atoms with Crippen LogP contribution in [0.2, 0.25) is 0 Å². The second kappa shape index (κ2) is 12.0. The summed E-state index contributed by atoms with van der Waals surface area (Å²) in [6.07, 6.45) is 10.0. The van der Waals surface area contributed by atoms with E-state index >= 15 is 4.39 Å². The Hall–Kier alpha value is -3.38. The first-order valence-corrected chi connectivity index (χ1v) is 16.7. The fraction of sp³-hybridized carbons (Fsp3) is 0.676. The number of carbonyl (C=O) groups excluding carboxylic acids is 1. The number of alkyl carbamates (subject to hydrolysis) is 1. The normalized spacial score (nSPS) is 30.0. The first-order chi connectivity index (χ1) is 21.7. The summed E-state index contributed by atoms with van der Waals surface area (Å²) in [5.41, 5.74) is 5.59. The van der Waals surface area contributed by atoms with Gasteiger partial charge in [-0.05, 0) is 71.3 Å². The van der Waals surface area contributed by atoms with Gasteiger partial charge in [0, 0.05) is 37.9 Å². The van der Waals surface area contributed by atoms with E-state index in [4.69, 9.17) is 15.2 Å². The minimum atomic E-state index is -1.32. The van der Waals surface area contributed by atoms with Gasteiger partial charge in [0.25, 0.3) is 0 Å². The molecule has 2 aliphatic carbocycles. The number of amides is 1. The maximum Gasteiger partial charge on any atom is 0.408 e. The van der Waals surface area contributed by atoms with Crippen LogP contribution in [0.5, 0.6) is 5.75 Å². The Morgan fingerprint density at radius 3 is 2.59 bits per heavy atom. The van der Waals surface area contributed by atoms with Crippen LogP contribution in [0.25, 0.3) is 10.9 Å². The van der Waals surface area contributed by atoms with Gasteiger partial charge in [0.1, 0.15) is 23.5 Å². The molecular weight excluding hydrogens is 593 g/mol. The lowest BCUT2D eigenvalue weighted by Crippen LogP contribution is -2.56. The van der Waals surface area contributed by atoms with E-state index in [9.17, 15) is 19.5 Å². The SMILES string of the molecule is CC(C)(C)OC(=O)N[C@@]12CCCC[C@H]1CNC2.C[C@H]1COc2c(N3C[C@@H]4CCCC[C@@]4(N)C3)c(F)cc3c(=O)c(C(=O)O)cn1c23. The van der Waals surface area contributed by atoms with Gasteiger partial charge < -0.3 is 40.4 Å². The number of nitrogens with two attached hydrogens (primary N) is 1. The predicted molar refractivity (Wildman–Crippen MR) is 173 cm³/mol. The van der Waals surface area contributed by atoms with E-state index in [1.165, 1.54) is 25.5 Å². The van der Waals surface area contributed by atoms with Gasteiger partial charge in [-0.2, -0.15) is 0 Å². The highest BCUT2D eigenvalue weighted by Gasteiger charge is 2.47. The molecule has 1 aromatic carbocycles. The number of ether oxygens (including phenoxy) is 2. The molecule has 0 spiro atoms. The van der Waals surface area contributed by atoms with Crippen LogP contribution < -0.4 is 31.4 Å². The third kappa shape index (κ3) is 5.94. The summed E-state index contributed by atoms with van der Waals surface area (Å²) in [4.78, 5) is 38.1. The fourth-order valence-electron chi connectivity index (χ4n) is 8.36. The van der Waals surface area contributed by atoms with Gasteiger partial charge >= 0.3 is 12.1 Å². The zero-order valence-electron chi connectivity index (χ0n) is 27.4. The number of aromatic carboxylic acids is 1. The number of hydrogen-bond acceptors (Lipinski definition) is 8. The molecule has 1 amide bonds. The van der Waals surface area contributed by atoms with E-state index in [1.807, 2.05) is 32.6 Å². The number of fused-ring (bicyclic) bond motifs is 2. The highest BCUT2D eigenvalue weighted by Crippen LogP contribution is 2.47. The van der Waals surface area contributed by atoms with Crippen molar-refractivity contribution in [3.63, 3.8) is 0 Å². The topological polar surface area (TPSA) is 148 Å². The van der Waals surface area contributed by atoms with Crippen LogP contribution in [0.15, 0.2) is 17.1 Å². The molecule has 5 N–H and O–H groups in total. The number of carboxylic acids is 1. The van der Waals surface area contributed by atoms with Crippen molar-refractivity contribution < 1.29 is 28.6 Å². The molecule has 12 heteroatoms. The van der Waals surface area contributed by atoms with Gasteiger partial charge in [-0.15, -0.1) is 0 Å². The molecule has 2 saturated carbocycles. The standard InChI is InChI=1S/C21H24FN3O4.C13H24N2O2/c1-11-9-29-19-16-13(18(26)14(20(27)28)8-25(11)16)6-15(22)17(19)24-7-12-4-2-3-5-21(12,23)10-24;1-12(2,3)17-11(16)15-13-7-5-4-6-10(13)8-14-9-13/h6,8,11-12H,2-5,7,9-10,23H2,1H3,(H,27,28);10,14H,4-9H2,1-3H3,(H,15,16)/t11-,12-,21+;10-,13+/m00/s1. The molecule has 0 unspecified atom stereocenters. The van der Waals surface area contributed by atoms with E-state index in [-0.39, 0.29) is 40.8 Å². The molecule has 0 radical (unpaired) electrons. The van der Waals surface area contributed by atoms with Crippen LogP contribution in [-0.4, -0.2) is 71.2 Å². The van der Waals surface area contributed by atoms with E-state index < -0.39 is 22.8 Å². The Balaban J connectivity index is 0.000000187. The summed E-state index contributed by atoms with van der Waals surface area (Å²) in [5, 5.41) is 16.0. The molecule has 7 rings (SSSR count). The van der Waals surface area contributed by atoms with Crippen molar-refractivity contribution in [2.24, 2.45) is 17.6 Å². The highest BCUT2D eigenvalue weighted by atomic mass is 19.1. The summed E-state index contributed by atoms with van der Waals surface area (Å²) in [6.45, 7) is 10.9. The number of carboxylic acid groups (broad SMARTS) is 1. The van der Waals surface area contributed by atoms with Crippen molar-refractivity contribution in [3.05, 3.63) is 33.9 Å². The van der Waals surface area contributed by atoms with Crippen molar-refractivity contribution in [2.45, 2.75) is 102 Å². The quantitative estimate of drug-likeness (QED) is 0.379. The van der Waals surface area contributed by atoms with Gasteiger partial charge in [0.05, 0.1) is 22.5 Å². The van der Waals surface area contributed by atoms with Gasteiger partial charge in [0.2, 0.25) is 5.43 Å². The zero-order chi connectivity index (χ0) is 33.0. The molecule has 4 fully saturated rings. The van der Waals surface area contributed by atoms with Crippen LogP contribution in [-0.2, 0) is 4.74 Å². The highest BCUT2D eigenvalue weighted by molar-refractivity contribution is 5.97. The predicted octanol–water partition coefficient (Wildman–Crippen LogP) is 4.54. The number of nitrogens with zero attached hydrogens (tertiary/aromatic N) is 2. The summed E-state index contributed by atoms with van der Waals surface area (Å²) < 4.78 is 28.4. The Labute approximate surface area is 269 Å². The summed E-state index contributed by atoms with van der Waals surface area (Å²) in [7, 11) is 0. The molecule has 5 atom stereocenters. The average molecular weight is 642 g/mol. The van der Waals surface area contributed by atoms with Gasteiger partial charge in [-0.1, -0.05) is 25.7 Å². The van der Waals surface area contributed by atoms with Crippen molar-refractivity contribution >= 4 is 28.7 Å². The number of nitrogens with one attached hydrogen (secondary N) is 2. The molecule has 11 nitrogen and oxygen atoms in total. The Morgan fingerprint density at radius 1 is 1.17 bits per heavy atom. The molecule has 5 aliphatic rings. The number of pyridine rings is 1. The van der Waals surface area contributed by atoms with Crippen LogP contribution in [0.3, 0.4) is 0 Å². The van der Waals surface area contributed by atoms with Crippen LogP contribution in [0, 0.1) is 17.7 Å². The van der Waals surface area contributed by atoms with E-state index in [0.717, 1.165) is 51.3 Å². The number of rotatable bonds is 3. The molecule has 252 valence electrons. The maximum atomic E-state index is 15.3. The van der Waals surface area contributed by atoms with Crippen LogP contribution in [0.1, 0.15) is 95.5 Å². The molecule has 2 aromatic rings. The van der Waals surface area contributed by atoms with Crippen molar-refractivity contribution in [1.82, 2.24) is 15.2 Å². The maximum absolute atomic E-state index is 15.3. The van der Waals surface area contributed by atoms with Crippen molar-refractivity contribution in [2.75, 3.05) is 37.7 Å². The monoisotopic (exact) mass is 641 g/mol. The number of anilines is 1. The largest absolute Gasteiger partial charge is 0.487 e. The van der Waals surface area contributed by atoms with E-state index in [2.05, 4.69) is 10.6 Å². The summed E-state index contributed by atoms with van der Waals surface area (Å²) in [5.74, 6) is -0.703. The average Bonchev–Trinajstić information content (AvgIpc) is 3.55. The number of carbonyl (C=O) groups is 2. The number of halogens is 1. The second-order valence-corrected chi connectivity index (χ2v) is 15.1. The minimum Gasteiger partial charge on any atom is -0.487 e. The number of benzene rings is 1. The lowest BCUT2D eigenvalue weighted by Gasteiger charge is -2.39.